The normalized spacial score (nSPS) is 21.0. The van der Waals surface area contributed by atoms with Gasteiger partial charge in [-0.15, -0.1) is 0 Å². The molecule has 11 heavy (non-hydrogen) atoms. The Morgan fingerprint density at radius 1 is 0.909 bits per heavy atom. The largest absolute Gasteiger partial charge is 0 e. The van der Waals surface area contributed by atoms with Gasteiger partial charge >= 0.3 is 22.6 Å². The third-order valence-corrected chi connectivity index (χ3v) is 1.37. The van der Waals surface area contributed by atoms with E-state index in [0.717, 1.165) is 0 Å². The minimum absolute atomic E-state index is 0. The molecule has 0 fully saturated rings. The van der Waals surface area contributed by atoms with Gasteiger partial charge in [-0.25, -0.2) is 0 Å². The predicted molar refractivity (Wildman–Crippen MR) is 39.0 cm³/mol. The van der Waals surface area contributed by atoms with Gasteiger partial charge in [0.1, 0.15) is 0 Å². The summed E-state index contributed by atoms with van der Waals surface area (Å²) in [7, 11) is 0. The van der Waals surface area contributed by atoms with Crippen molar-refractivity contribution < 1.29 is 42.1 Å². The zero-order chi connectivity index (χ0) is 7.66. The van der Waals surface area contributed by atoms with E-state index in [4.69, 9.17) is 3.93 Å². The monoisotopic (exact) mass is 331 g/mol. The number of hydrogen-bond donors (Lipinski definition) is 1. The molecule has 1 rings (SSSR count). The maximum atomic E-state index is 6.89. The molecule has 69 valence electrons. The summed E-state index contributed by atoms with van der Waals surface area (Å²) in [4.78, 5) is 0. The van der Waals surface area contributed by atoms with Crippen LogP contribution in [0.15, 0.2) is 24.3 Å². The molecular formula is C8H13ORh2. The summed E-state index contributed by atoms with van der Waals surface area (Å²) in [5.74, 6) is 0. The van der Waals surface area contributed by atoms with Crippen LogP contribution in [0.5, 0.6) is 0 Å². The van der Waals surface area contributed by atoms with E-state index in [1.165, 1.54) is 25.7 Å². The van der Waals surface area contributed by atoms with Gasteiger partial charge in [-0.2, -0.15) is 0 Å². The first-order chi connectivity index (χ1) is 5.00. The first kappa shape index (κ1) is 14.2. The Morgan fingerprint density at radius 2 is 1.27 bits per heavy atom. The van der Waals surface area contributed by atoms with E-state index in [1.54, 1.807) is 18.7 Å². The van der Waals surface area contributed by atoms with E-state index in [-0.39, 0.29) is 19.5 Å². The molecule has 0 aromatic heterocycles. The van der Waals surface area contributed by atoms with Gasteiger partial charge in [0.15, 0.2) is 0 Å². The summed E-state index contributed by atoms with van der Waals surface area (Å²) in [6, 6.07) is 0. The van der Waals surface area contributed by atoms with Gasteiger partial charge < -0.3 is 0 Å². The van der Waals surface area contributed by atoms with E-state index >= 15 is 0 Å². The van der Waals surface area contributed by atoms with Crippen LogP contribution in [0.3, 0.4) is 0 Å². The zero-order valence-corrected chi connectivity index (χ0v) is 9.53. The molecular weight excluding hydrogens is 318 g/mol. The number of hydrogen-bond acceptors (Lipinski definition) is 1. The second-order valence-corrected chi connectivity index (χ2v) is 2.14. The molecule has 1 nitrogen and oxygen atoms in total. The van der Waals surface area contributed by atoms with E-state index in [1.807, 2.05) is 0 Å². The average Bonchev–Trinajstić information content (AvgIpc) is 1.90. The molecule has 1 aliphatic carbocycles. The maximum absolute atomic E-state index is 6.89. The molecule has 0 saturated carbocycles. The van der Waals surface area contributed by atoms with Crippen LogP contribution in [0.2, 0.25) is 0 Å². The third kappa shape index (κ3) is 10.7. The van der Waals surface area contributed by atoms with Crippen molar-refractivity contribution in [3.8, 4) is 0 Å². The minimum atomic E-state index is 0. The molecule has 1 aliphatic rings. The molecule has 0 heterocycles. The van der Waals surface area contributed by atoms with Crippen molar-refractivity contribution in [3.63, 3.8) is 0 Å². The topological polar surface area (TPSA) is 20.2 Å². The Morgan fingerprint density at radius 3 is 1.64 bits per heavy atom. The molecule has 0 aliphatic heterocycles. The van der Waals surface area contributed by atoms with Gasteiger partial charge in [0.2, 0.25) is 0 Å². The van der Waals surface area contributed by atoms with Crippen molar-refractivity contribution in [1.29, 1.82) is 0 Å². The average molecular weight is 331 g/mol. The third-order valence-electron chi connectivity index (χ3n) is 1.37. The molecule has 0 aromatic rings. The van der Waals surface area contributed by atoms with Crippen LogP contribution in [0.1, 0.15) is 25.7 Å². The van der Waals surface area contributed by atoms with Crippen LogP contribution in [0.4, 0.5) is 0 Å². The predicted octanol–water partition coefficient (Wildman–Crippen LogP) is 2.11. The second-order valence-electron chi connectivity index (χ2n) is 2.14. The Labute approximate surface area is 91.8 Å². The summed E-state index contributed by atoms with van der Waals surface area (Å²) in [5.41, 5.74) is 0. The summed E-state index contributed by atoms with van der Waals surface area (Å²) >= 11 is 1.55. The van der Waals surface area contributed by atoms with Gasteiger partial charge in [-0.05, 0) is 25.7 Å². The fourth-order valence-electron chi connectivity index (χ4n) is 0.874. The molecule has 1 N–H and O–H groups in total. The van der Waals surface area contributed by atoms with Crippen LogP contribution in [-0.2, 0) is 38.1 Å². The molecule has 0 unspecified atom stereocenters. The number of rotatable bonds is 0. The van der Waals surface area contributed by atoms with Crippen LogP contribution < -0.4 is 0 Å². The first-order valence-corrected chi connectivity index (χ1v) is 4.20. The van der Waals surface area contributed by atoms with Crippen molar-refractivity contribution in [3.05, 3.63) is 24.3 Å². The fraction of sp³-hybridized carbons (Fsp3) is 0.500. The standard InChI is InChI=1S/C8H12.H2O.2Rh/c1-2-4-6-8-7-5-3-1;;;/h1-4H,5-8H2;1H2;;/q;;;+1/p-1/b3-1-,4-2-;;;. The molecule has 0 saturated heterocycles. The Balaban J connectivity index is 0. The van der Waals surface area contributed by atoms with E-state index in [9.17, 15) is 0 Å². The van der Waals surface area contributed by atoms with Gasteiger partial charge in [0.05, 0.1) is 0 Å². The van der Waals surface area contributed by atoms with Gasteiger partial charge in [-0.3, -0.25) is 0 Å². The smallest absolute Gasteiger partial charge is 0 e. The summed E-state index contributed by atoms with van der Waals surface area (Å²) in [5, 5.41) is 0. The summed E-state index contributed by atoms with van der Waals surface area (Å²) in [6.07, 6.45) is 14.0. The molecule has 0 bridgehead atoms. The Bertz CT molecular complexity index is 96.7. The summed E-state index contributed by atoms with van der Waals surface area (Å²) < 4.78 is 6.89. The van der Waals surface area contributed by atoms with Crippen molar-refractivity contribution in [2.45, 2.75) is 25.7 Å². The van der Waals surface area contributed by atoms with Gasteiger partial charge in [0, 0.05) is 19.5 Å². The molecule has 0 amide bonds. The van der Waals surface area contributed by atoms with Crippen molar-refractivity contribution in [2.75, 3.05) is 0 Å². The molecule has 1 radical (unpaired) electrons. The maximum Gasteiger partial charge on any atom is 0 e. The van der Waals surface area contributed by atoms with Crippen molar-refractivity contribution >= 4 is 0 Å². The van der Waals surface area contributed by atoms with Crippen molar-refractivity contribution in [2.24, 2.45) is 0 Å². The van der Waals surface area contributed by atoms with Gasteiger partial charge in [-0.1, -0.05) is 24.3 Å². The SMILES string of the molecule is C1=C\CCCC\C=C/1.[OH][Rh].[Rh]. The van der Waals surface area contributed by atoms with E-state index < -0.39 is 0 Å². The Hall–Kier alpha value is 0.687. The second kappa shape index (κ2) is 13.3. The van der Waals surface area contributed by atoms with Crippen LogP contribution in [0, 0.1) is 0 Å². The van der Waals surface area contributed by atoms with E-state index in [0.29, 0.717) is 0 Å². The quantitative estimate of drug-likeness (QED) is 0.674. The molecule has 0 atom stereocenters. The Kier molecular flexibility index (Phi) is 17.2. The number of allylic oxidation sites excluding steroid dienone is 4. The fourth-order valence-corrected chi connectivity index (χ4v) is 0.874. The van der Waals surface area contributed by atoms with Gasteiger partial charge in [0.25, 0.3) is 0 Å². The van der Waals surface area contributed by atoms with Crippen LogP contribution in [-0.4, -0.2) is 3.93 Å². The molecule has 3 heteroatoms. The van der Waals surface area contributed by atoms with E-state index in [2.05, 4.69) is 24.3 Å². The summed E-state index contributed by atoms with van der Waals surface area (Å²) in [6.45, 7) is 0. The van der Waals surface area contributed by atoms with Crippen LogP contribution >= 0.6 is 0 Å². The molecule has 0 spiro atoms. The van der Waals surface area contributed by atoms with Crippen LogP contribution in [0.25, 0.3) is 0 Å². The zero-order valence-electron chi connectivity index (χ0n) is 6.25. The minimum Gasteiger partial charge on any atom is 0 e. The van der Waals surface area contributed by atoms with Crippen molar-refractivity contribution in [1.82, 2.24) is 0 Å². The first-order valence-electron chi connectivity index (χ1n) is 3.47. The molecule has 0 aromatic carbocycles.